The molecule has 0 heterocycles. The fourth-order valence-electron chi connectivity index (χ4n) is 3.23. The number of amides is 1. The van der Waals surface area contributed by atoms with Crippen molar-refractivity contribution in [2.75, 3.05) is 13.6 Å². The fourth-order valence-corrected chi connectivity index (χ4v) is 3.23. The summed E-state index contributed by atoms with van der Waals surface area (Å²) in [5, 5.41) is 9.48. The van der Waals surface area contributed by atoms with Crippen molar-refractivity contribution in [3.63, 3.8) is 0 Å². The maximum atomic E-state index is 12.5. The molecule has 0 bridgehead atoms. The van der Waals surface area contributed by atoms with Gasteiger partial charge in [-0.3, -0.25) is 4.79 Å². The topological polar surface area (TPSA) is 66.6 Å². The van der Waals surface area contributed by atoms with Crippen LogP contribution in [0.4, 0.5) is 0 Å². The summed E-state index contributed by atoms with van der Waals surface area (Å²) in [6.07, 6.45) is 6.29. The van der Waals surface area contributed by atoms with Gasteiger partial charge in [0, 0.05) is 20.0 Å². The quantitative estimate of drug-likeness (QED) is 0.876. The monoisotopic (exact) mass is 290 g/mol. The molecule has 3 N–H and O–H groups in total. The van der Waals surface area contributed by atoms with E-state index in [1.807, 2.05) is 13.1 Å². The van der Waals surface area contributed by atoms with Gasteiger partial charge in [-0.15, -0.1) is 0 Å². The van der Waals surface area contributed by atoms with E-state index in [-0.39, 0.29) is 17.1 Å². The maximum Gasteiger partial charge on any atom is 0.223 e. The number of aromatic hydroxyl groups is 1. The molecule has 4 nitrogen and oxygen atoms in total. The molecule has 0 saturated heterocycles. The second kappa shape index (κ2) is 6.94. The molecule has 4 heteroatoms. The average Bonchev–Trinajstić information content (AvgIpc) is 2.48. The lowest BCUT2D eigenvalue weighted by Gasteiger charge is -2.36. The Balaban J connectivity index is 1.95. The molecule has 1 amide bonds. The van der Waals surface area contributed by atoms with Crippen LogP contribution in [-0.4, -0.2) is 29.5 Å². The van der Waals surface area contributed by atoms with E-state index in [1.54, 1.807) is 23.1 Å². The Morgan fingerprint density at radius 3 is 2.67 bits per heavy atom. The normalized spacial score (nSPS) is 17.4. The van der Waals surface area contributed by atoms with Gasteiger partial charge in [0.1, 0.15) is 5.75 Å². The van der Waals surface area contributed by atoms with Crippen LogP contribution >= 0.6 is 0 Å². The molecular formula is C17H26N2O2. The Kier molecular flexibility index (Phi) is 5.23. The molecule has 1 saturated carbocycles. The van der Waals surface area contributed by atoms with Crippen molar-refractivity contribution in [1.82, 2.24) is 4.90 Å². The number of hydrogen-bond donors (Lipinski definition) is 2. The van der Waals surface area contributed by atoms with E-state index in [4.69, 9.17) is 5.73 Å². The lowest BCUT2D eigenvalue weighted by molar-refractivity contribution is -0.133. The molecule has 1 aliphatic carbocycles. The number of nitrogens with two attached hydrogens (primary N) is 1. The minimum Gasteiger partial charge on any atom is -0.508 e. The summed E-state index contributed by atoms with van der Waals surface area (Å²) >= 11 is 0. The van der Waals surface area contributed by atoms with Crippen molar-refractivity contribution >= 4 is 5.91 Å². The second-order valence-electron chi connectivity index (χ2n) is 6.36. The summed E-state index contributed by atoms with van der Waals surface area (Å²) in [6.45, 7) is 1.12. The van der Waals surface area contributed by atoms with Gasteiger partial charge < -0.3 is 15.7 Å². The number of phenolic OH excluding ortho intramolecular Hbond substituents is 1. The molecule has 0 unspecified atom stereocenters. The number of hydrogen-bond acceptors (Lipinski definition) is 3. The van der Waals surface area contributed by atoms with Crippen molar-refractivity contribution in [2.45, 2.75) is 45.1 Å². The van der Waals surface area contributed by atoms with Crippen molar-refractivity contribution in [3.05, 3.63) is 29.8 Å². The van der Waals surface area contributed by atoms with Gasteiger partial charge in [0.2, 0.25) is 5.91 Å². The van der Waals surface area contributed by atoms with Gasteiger partial charge in [-0.25, -0.2) is 0 Å². The van der Waals surface area contributed by atoms with Gasteiger partial charge >= 0.3 is 0 Å². The zero-order valence-electron chi connectivity index (χ0n) is 12.8. The molecule has 0 aromatic heterocycles. The third kappa shape index (κ3) is 4.21. The van der Waals surface area contributed by atoms with E-state index in [0.29, 0.717) is 19.5 Å². The van der Waals surface area contributed by atoms with E-state index >= 15 is 0 Å². The summed E-state index contributed by atoms with van der Waals surface area (Å²) < 4.78 is 0. The number of phenols is 1. The molecule has 116 valence electrons. The number of nitrogens with zero attached hydrogens (tertiary/aromatic N) is 1. The molecule has 1 aromatic carbocycles. The van der Waals surface area contributed by atoms with Crippen LogP contribution in [0.15, 0.2) is 24.3 Å². The standard InChI is InChI=1S/C17H26N2O2/c1-19(12-14-6-5-7-15(20)10-14)16(21)11-17(13-18)8-3-2-4-9-17/h5-7,10,20H,2-4,8-9,11-13,18H2,1H3. The molecular weight excluding hydrogens is 264 g/mol. The average molecular weight is 290 g/mol. The summed E-state index contributed by atoms with van der Waals surface area (Å²) in [5.41, 5.74) is 6.90. The predicted molar refractivity (Wildman–Crippen MR) is 83.8 cm³/mol. The number of carbonyl (C=O) groups is 1. The van der Waals surface area contributed by atoms with E-state index in [0.717, 1.165) is 18.4 Å². The highest BCUT2D eigenvalue weighted by atomic mass is 16.3. The highest BCUT2D eigenvalue weighted by molar-refractivity contribution is 5.76. The first-order valence-corrected chi connectivity index (χ1v) is 7.77. The highest BCUT2D eigenvalue weighted by Gasteiger charge is 2.33. The molecule has 1 aliphatic rings. The minimum absolute atomic E-state index is 0.00240. The molecule has 0 aliphatic heterocycles. The van der Waals surface area contributed by atoms with Gasteiger partial charge in [-0.2, -0.15) is 0 Å². The fraction of sp³-hybridized carbons (Fsp3) is 0.588. The van der Waals surface area contributed by atoms with E-state index in [1.165, 1.54) is 19.3 Å². The van der Waals surface area contributed by atoms with Crippen molar-refractivity contribution in [2.24, 2.45) is 11.1 Å². The van der Waals surface area contributed by atoms with Gasteiger partial charge in [0.05, 0.1) is 0 Å². The van der Waals surface area contributed by atoms with E-state index in [9.17, 15) is 9.90 Å². The van der Waals surface area contributed by atoms with Crippen LogP contribution in [0.3, 0.4) is 0 Å². The highest BCUT2D eigenvalue weighted by Crippen LogP contribution is 2.38. The molecule has 0 spiro atoms. The number of rotatable bonds is 5. The molecule has 1 fully saturated rings. The van der Waals surface area contributed by atoms with Crippen molar-refractivity contribution in [1.29, 1.82) is 0 Å². The third-order valence-corrected chi connectivity index (χ3v) is 4.63. The van der Waals surface area contributed by atoms with Crippen LogP contribution in [0.25, 0.3) is 0 Å². The first-order chi connectivity index (χ1) is 10.0. The third-order valence-electron chi connectivity index (χ3n) is 4.63. The van der Waals surface area contributed by atoms with Crippen LogP contribution in [0.1, 0.15) is 44.1 Å². The molecule has 1 aromatic rings. The van der Waals surface area contributed by atoms with Gasteiger partial charge in [0.15, 0.2) is 0 Å². The molecule has 0 radical (unpaired) electrons. The summed E-state index contributed by atoms with van der Waals surface area (Å²) in [6, 6.07) is 7.05. The summed E-state index contributed by atoms with van der Waals surface area (Å²) in [4.78, 5) is 14.2. The van der Waals surface area contributed by atoms with Crippen molar-refractivity contribution in [3.8, 4) is 5.75 Å². The van der Waals surface area contributed by atoms with Gasteiger partial charge in [0.25, 0.3) is 0 Å². The first-order valence-electron chi connectivity index (χ1n) is 7.77. The molecule has 2 rings (SSSR count). The SMILES string of the molecule is CN(Cc1cccc(O)c1)C(=O)CC1(CN)CCCCC1. The Hall–Kier alpha value is -1.55. The van der Waals surface area contributed by atoms with E-state index < -0.39 is 0 Å². The summed E-state index contributed by atoms with van der Waals surface area (Å²) in [7, 11) is 1.82. The first kappa shape index (κ1) is 15.8. The Bertz CT molecular complexity index is 481. The molecule has 21 heavy (non-hydrogen) atoms. The van der Waals surface area contributed by atoms with E-state index in [2.05, 4.69) is 0 Å². The van der Waals surface area contributed by atoms with Crippen LogP contribution < -0.4 is 5.73 Å². The van der Waals surface area contributed by atoms with Crippen LogP contribution in [-0.2, 0) is 11.3 Å². The minimum atomic E-state index is 0.00240. The predicted octanol–water partition coefficient (Wildman–Crippen LogP) is 2.65. The molecule has 0 atom stereocenters. The Labute approximate surface area is 126 Å². The zero-order chi connectivity index (χ0) is 15.3. The van der Waals surface area contributed by atoms with Crippen LogP contribution in [0.2, 0.25) is 0 Å². The lowest BCUT2D eigenvalue weighted by Crippen LogP contribution is -2.39. The van der Waals surface area contributed by atoms with Crippen LogP contribution in [0.5, 0.6) is 5.75 Å². The maximum absolute atomic E-state index is 12.5. The van der Waals surface area contributed by atoms with Crippen molar-refractivity contribution < 1.29 is 9.90 Å². The lowest BCUT2D eigenvalue weighted by atomic mass is 9.71. The number of benzene rings is 1. The summed E-state index contributed by atoms with van der Waals surface area (Å²) in [5.74, 6) is 0.379. The zero-order valence-corrected chi connectivity index (χ0v) is 12.8. The van der Waals surface area contributed by atoms with Gasteiger partial charge in [-0.05, 0) is 42.5 Å². The second-order valence-corrected chi connectivity index (χ2v) is 6.36. The Morgan fingerprint density at radius 2 is 2.05 bits per heavy atom. The smallest absolute Gasteiger partial charge is 0.223 e. The van der Waals surface area contributed by atoms with Gasteiger partial charge in [-0.1, -0.05) is 31.4 Å². The largest absolute Gasteiger partial charge is 0.508 e. The Morgan fingerprint density at radius 1 is 1.33 bits per heavy atom. The number of carbonyl (C=O) groups excluding carboxylic acids is 1. The van der Waals surface area contributed by atoms with Crippen LogP contribution in [0, 0.1) is 5.41 Å².